The maximum Gasteiger partial charge on any atom is 0.433 e. The SMILES string of the molecule is CC(C)Oc1cc2nccn2cc1C(=O)Nc1cccc(C(F)(F)F)n1. The normalized spacial score (nSPS) is 11.8. The number of anilines is 1. The molecule has 0 unspecified atom stereocenters. The fourth-order valence-corrected chi connectivity index (χ4v) is 2.31. The Morgan fingerprint density at radius 3 is 2.77 bits per heavy atom. The molecule has 0 aliphatic rings. The fraction of sp³-hybridized carbons (Fsp3) is 0.235. The van der Waals surface area contributed by atoms with Gasteiger partial charge in [0.15, 0.2) is 0 Å². The van der Waals surface area contributed by atoms with Crippen molar-refractivity contribution >= 4 is 17.4 Å². The van der Waals surface area contributed by atoms with E-state index in [0.29, 0.717) is 5.65 Å². The minimum absolute atomic E-state index is 0.156. The van der Waals surface area contributed by atoms with Gasteiger partial charge in [0, 0.05) is 24.7 Å². The number of pyridine rings is 2. The van der Waals surface area contributed by atoms with Gasteiger partial charge in [0.25, 0.3) is 5.91 Å². The van der Waals surface area contributed by atoms with Crippen LogP contribution in [0.3, 0.4) is 0 Å². The zero-order valence-electron chi connectivity index (χ0n) is 13.9. The van der Waals surface area contributed by atoms with Gasteiger partial charge in [-0.15, -0.1) is 0 Å². The van der Waals surface area contributed by atoms with Crippen LogP contribution in [0.15, 0.2) is 42.9 Å². The molecule has 0 saturated carbocycles. The monoisotopic (exact) mass is 364 g/mol. The molecule has 0 aromatic carbocycles. The number of aromatic nitrogens is 3. The molecule has 0 atom stereocenters. The first-order chi connectivity index (χ1) is 12.2. The van der Waals surface area contributed by atoms with E-state index < -0.39 is 17.8 Å². The van der Waals surface area contributed by atoms with Crippen molar-refractivity contribution < 1.29 is 22.7 Å². The van der Waals surface area contributed by atoms with E-state index in [2.05, 4.69) is 15.3 Å². The van der Waals surface area contributed by atoms with Crippen molar-refractivity contribution in [2.75, 3.05) is 5.32 Å². The van der Waals surface area contributed by atoms with E-state index in [4.69, 9.17) is 4.74 Å². The van der Waals surface area contributed by atoms with Crippen LogP contribution in [0.5, 0.6) is 5.75 Å². The Hall–Kier alpha value is -3.10. The molecule has 9 heteroatoms. The first-order valence-corrected chi connectivity index (χ1v) is 7.73. The number of nitrogens with one attached hydrogen (secondary N) is 1. The number of fused-ring (bicyclic) bond motifs is 1. The van der Waals surface area contributed by atoms with Gasteiger partial charge < -0.3 is 14.5 Å². The Balaban J connectivity index is 1.94. The number of imidazole rings is 1. The lowest BCUT2D eigenvalue weighted by Gasteiger charge is -2.15. The minimum atomic E-state index is -4.59. The van der Waals surface area contributed by atoms with Gasteiger partial charge in [0.1, 0.15) is 22.9 Å². The van der Waals surface area contributed by atoms with Crippen LogP contribution in [-0.4, -0.2) is 26.4 Å². The third-order valence-corrected chi connectivity index (χ3v) is 3.38. The van der Waals surface area contributed by atoms with Crippen molar-refractivity contribution in [1.82, 2.24) is 14.4 Å². The molecular weight excluding hydrogens is 349 g/mol. The summed E-state index contributed by atoms with van der Waals surface area (Å²) < 4.78 is 45.6. The summed E-state index contributed by atoms with van der Waals surface area (Å²) in [7, 11) is 0. The van der Waals surface area contributed by atoms with Crippen molar-refractivity contribution in [2.45, 2.75) is 26.1 Å². The summed E-state index contributed by atoms with van der Waals surface area (Å²) in [6, 6.07) is 4.89. The van der Waals surface area contributed by atoms with E-state index in [1.807, 2.05) is 0 Å². The van der Waals surface area contributed by atoms with Crippen LogP contribution in [0, 0.1) is 0 Å². The number of ether oxygens (including phenoxy) is 1. The number of nitrogens with zero attached hydrogens (tertiary/aromatic N) is 3. The van der Waals surface area contributed by atoms with Crippen LogP contribution in [0.2, 0.25) is 0 Å². The Bertz CT molecular complexity index is 951. The lowest BCUT2D eigenvalue weighted by Crippen LogP contribution is -2.18. The summed E-state index contributed by atoms with van der Waals surface area (Å²) in [5, 5.41) is 2.38. The molecule has 0 aliphatic heterocycles. The third kappa shape index (κ3) is 3.76. The van der Waals surface area contributed by atoms with Crippen molar-refractivity contribution in [3.05, 3.63) is 54.1 Å². The number of hydrogen-bond donors (Lipinski definition) is 1. The number of amides is 1. The molecule has 0 bridgehead atoms. The maximum atomic E-state index is 12.8. The minimum Gasteiger partial charge on any atom is -0.490 e. The number of halogens is 3. The van der Waals surface area contributed by atoms with Crippen molar-refractivity contribution in [1.29, 1.82) is 0 Å². The van der Waals surface area contributed by atoms with Gasteiger partial charge in [-0.3, -0.25) is 4.79 Å². The highest BCUT2D eigenvalue weighted by atomic mass is 19.4. The Morgan fingerprint density at radius 2 is 2.08 bits per heavy atom. The quantitative estimate of drug-likeness (QED) is 0.765. The fourth-order valence-electron chi connectivity index (χ4n) is 2.31. The standard InChI is InChI=1S/C17H15F3N4O2/c1-10(2)26-12-8-15-21-6-7-24(15)9-11(12)16(25)23-14-5-3-4-13(22-14)17(18,19)20/h3-10H,1-2H3,(H,22,23,25). The molecule has 3 aromatic rings. The Labute approximate surface area is 146 Å². The number of alkyl halides is 3. The van der Waals surface area contributed by atoms with Gasteiger partial charge in [-0.05, 0) is 26.0 Å². The average Bonchev–Trinajstić information content (AvgIpc) is 3.00. The summed E-state index contributed by atoms with van der Waals surface area (Å²) in [4.78, 5) is 20.2. The van der Waals surface area contributed by atoms with E-state index in [1.54, 1.807) is 36.7 Å². The van der Waals surface area contributed by atoms with Crippen molar-refractivity contribution in [3.8, 4) is 5.75 Å². The van der Waals surface area contributed by atoms with Crippen LogP contribution in [0.1, 0.15) is 29.9 Å². The molecule has 136 valence electrons. The van der Waals surface area contributed by atoms with Crippen LogP contribution in [0.25, 0.3) is 5.65 Å². The van der Waals surface area contributed by atoms with Crippen LogP contribution >= 0.6 is 0 Å². The van der Waals surface area contributed by atoms with Gasteiger partial charge >= 0.3 is 6.18 Å². The number of carbonyl (C=O) groups is 1. The largest absolute Gasteiger partial charge is 0.490 e. The molecule has 3 aromatic heterocycles. The molecule has 3 rings (SSSR count). The zero-order valence-corrected chi connectivity index (χ0v) is 13.9. The third-order valence-electron chi connectivity index (χ3n) is 3.38. The summed E-state index contributed by atoms with van der Waals surface area (Å²) in [6.07, 6.45) is -0.0883. The van der Waals surface area contributed by atoms with Crippen LogP contribution < -0.4 is 10.1 Å². The molecule has 0 aliphatic carbocycles. The molecule has 1 N–H and O–H groups in total. The molecule has 3 heterocycles. The second-order valence-electron chi connectivity index (χ2n) is 5.77. The topological polar surface area (TPSA) is 68.5 Å². The molecular formula is C17H15F3N4O2. The van der Waals surface area contributed by atoms with Gasteiger partial charge in [-0.25, -0.2) is 9.97 Å². The molecule has 1 amide bonds. The van der Waals surface area contributed by atoms with E-state index >= 15 is 0 Å². The predicted molar refractivity (Wildman–Crippen MR) is 88.1 cm³/mol. The lowest BCUT2D eigenvalue weighted by atomic mass is 10.2. The van der Waals surface area contributed by atoms with Crippen LogP contribution in [-0.2, 0) is 6.18 Å². The molecule has 0 spiro atoms. The Morgan fingerprint density at radius 1 is 1.31 bits per heavy atom. The molecule has 6 nitrogen and oxygen atoms in total. The highest BCUT2D eigenvalue weighted by Crippen LogP contribution is 2.28. The smallest absolute Gasteiger partial charge is 0.433 e. The summed E-state index contributed by atoms with van der Waals surface area (Å²) in [5.41, 5.74) is -0.350. The molecule has 0 fully saturated rings. The second kappa shape index (κ2) is 6.66. The van der Waals surface area contributed by atoms with E-state index in [1.165, 1.54) is 18.3 Å². The second-order valence-corrected chi connectivity index (χ2v) is 5.77. The first-order valence-electron chi connectivity index (χ1n) is 7.73. The van der Waals surface area contributed by atoms with Gasteiger partial charge in [0.05, 0.1) is 11.7 Å². The zero-order chi connectivity index (χ0) is 18.9. The number of carbonyl (C=O) groups excluding carboxylic acids is 1. The highest BCUT2D eigenvalue weighted by Gasteiger charge is 2.32. The van der Waals surface area contributed by atoms with Crippen LogP contribution in [0.4, 0.5) is 19.0 Å². The van der Waals surface area contributed by atoms with Crippen molar-refractivity contribution in [3.63, 3.8) is 0 Å². The van der Waals surface area contributed by atoms with Gasteiger partial charge in [-0.1, -0.05) is 6.07 Å². The average molecular weight is 364 g/mol. The van der Waals surface area contributed by atoms with Gasteiger partial charge in [0.2, 0.25) is 0 Å². The van der Waals surface area contributed by atoms with Crippen molar-refractivity contribution in [2.24, 2.45) is 0 Å². The lowest BCUT2D eigenvalue weighted by molar-refractivity contribution is -0.141. The molecule has 0 saturated heterocycles. The predicted octanol–water partition coefficient (Wildman–Crippen LogP) is 3.79. The molecule has 0 radical (unpaired) electrons. The summed E-state index contributed by atoms with van der Waals surface area (Å²) >= 11 is 0. The van der Waals surface area contributed by atoms with E-state index in [-0.39, 0.29) is 23.2 Å². The first kappa shape index (κ1) is 17.7. The van der Waals surface area contributed by atoms with E-state index in [0.717, 1.165) is 6.07 Å². The van der Waals surface area contributed by atoms with Gasteiger partial charge in [-0.2, -0.15) is 13.2 Å². The highest BCUT2D eigenvalue weighted by molar-refractivity contribution is 6.05. The number of rotatable bonds is 4. The van der Waals surface area contributed by atoms with E-state index in [9.17, 15) is 18.0 Å². The maximum absolute atomic E-state index is 12.8. The summed E-state index contributed by atoms with van der Waals surface area (Å²) in [5.74, 6) is -0.558. The Kier molecular flexibility index (Phi) is 4.54. The number of hydrogen-bond acceptors (Lipinski definition) is 4. The molecule has 26 heavy (non-hydrogen) atoms. The summed E-state index contributed by atoms with van der Waals surface area (Å²) in [6.45, 7) is 3.59.